The number of hydrogen-bond donors (Lipinski definition) is 4. The highest BCUT2D eigenvalue weighted by atomic mass is 32.2. The topological polar surface area (TPSA) is 138 Å². The van der Waals surface area contributed by atoms with Gasteiger partial charge < -0.3 is 15.9 Å². The Morgan fingerprint density at radius 2 is 2.18 bits per heavy atom. The maximum absolute atomic E-state index is 10.9. The molecule has 7 nitrogen and oxygen atoms in total. The number of rotatable bonds is 4. The third-order valence-electron chi connectivity index (χ3n) is 2.43. The fourth-order valence-electron chi connectivity index (χ4n) is 1.33. The number of carboxylic acids is 1. The third kappa shape index (κ3) is 3.13. The summed E-state index contributed by atoms with van der Waals surface area (Å²) in [6.07, 6.45) is 3.15. The van der Waals surface area contributed by atoms with E-state index in [2.05, 4.69) is 0 Å². The van der Waals surface area contributed by atoms with E-state index in [0.29, 0.717) is 5.57 Å². The van der Waals surface area contributed by atoms with Crippen molar-refractivity contribution in [1.82, 2.24) is 0 Å². The first-order valence-electron chi connectivity index (χ1n) is 4.72. The number of hydrogen-bond acceptors (Lipinski definition) is 5. The smallest absolute Gasteiger partial charge is 0.320 e. The Morgan fingerprint density at radius 3 is 2.53 bits per heavy atom. The van der Waals surface area contributed by atoms with Crippen LogP contribution in [0.15, 0.2) is 23.8 Å². The lowest BCUT2D eigenvalue weighted by molar-refractivity contribution is -0.138. The van der Waals surface area contributed by atoms with Crippen LogP contribution in [0.25, 0.3) is 0 Å². The van der Waals surface area contributed by atoms with Crippen LogP contribution in [-0.2, 0) is 14.9 Å². The average Bonchev–Trinajstić information content (AvgIpc) is 2.19. The predicted octanol–water partition coefficient (Wildman–Crippen LogP) is -0.749. The van der Waals surface area contributed by atoms with Crippen molar-refractivity contribution in [2.45, 2.75) is 23.8 Å². The maximum atomic E-state index is 10.9. The lowest BCUT2D eigenvalue weighted by atomic mass is 9.99. The van der Waals surface area contributed by atoms with E-state index in [4.69, 9.17) is 15.4 Å². The number of aliphatic hydroxyl groups is 1. The Bertz CT molecular complexity index is 480. The van der Waals surface area contributed by atoms with Gasteiger partial charge in [-0.05, 0) is 18.1 Å². The van der Waals surface area contributed by atoms with Crippen LogP contribution in [0.3, 0.4) is 0 Å². The van der Waals surface area contributed by atoms with Crippen LogP contribution in [0, 0.1) is 0 Å². The Labute approximate surface area is 98.0 Å². The normalized spacial score (nSPS) is 26.4. The van der Waals surface area contributed by atoms with Gasteiger partial charge in [0.1, 0.15) is 6.04 Å². The van der Waals surface area contributed by atoms with E-state index in [1.165, 1.54) is 12.2 Å². The van der Waals surface area contributed by atoms with Crippen molar-refractivity contribution in [3.8, 4) is 0 Å². The van der Waals surface area contributed by atoms with E-state index in [9.17, 15) is 18.3 Å². The van der Waals surface area contributed by atoms with Crippen LogP contribution in [-0.4, -0.2) is 40.1 Å². The quantitative estimate of drug-likeness (QED) is 0.489. The molecule has 0 saturated carbocycles. The highest BCUT2D eigenvalue weighted by Crippen LogP contribution is 2.27. The van der Waals surface area contributed by atoms with E-state index >= 15 is 0 Å². The molecule has 0 fully saturated rings. The molecule has 96 valence electrons. The summed E-state index contributed by atoms with van der Waals surface area (Å²) in [5.41, 5.74) is 5.79. The first kappa shape index (κ1) is 13.8. The van der Waals surface area contributed by atoms with Gasteiger partial charge in [-0.3, -0.25) is 9.35 Å². The zero-order valence-electron chi connectivity index (χ0n) is 8.78. The van der Waals surface area contributed by atoms with Crippen molar-refractivity contribution in [3.63, 3.8) is 0 Å². The van der Waals surface area contributed by atoms with Gasteiger partial charge in [-0.2, -0.15) is 8.42 Å². The molecule has 1 aliphatic rings. The molecule has 17 heavy (non-hydrogen) atoms. The summed E-state index contributed by atoms with van der Waals surface area (Å²) in [6, 6.07) is -1.09. The van der Waals surface area contributed by atoms with Gasteiger partial charge >= 0.3 is 5.97 Å². The Kier molecular flexibility index (Phi) is 3.72. The van der Waals surface area contributed by atoms with Gasteiger partial charge in [-0.25, -0.2) is 0 Å². The SMILES string of the molecule is N[C@@H](CC1=CCC(O)(S(=O)(=O)O)C=C1)C(=O)O. The fraction of sp³-hybridized carbons (Fsp3) is 0.444. The summed E-state index contributed by atoms with van der Waals surface area (Å²) >= 11 is 0. The molecule has 1 aliphatic carbocycles. The predicted molar refractivity (Wildman–Crippen MR) is 58.6 cm³/mol. The lowest BCUT2D eigenvalue weighted by Crippen LogP contribution is -2.37. The van der Waals surface area contributed by atoms with E-state index in [0.717, 1.165) is 6.08 Å². The van der Waals surface area contributed by atoms with E-state index < -0.39 is 27.1 Å². The molecule has 8 heteroatoms. The third-order valence-corrected chi connectivity index (χ3v) is 3.63. The minimum absolute atomic E-state index is 0.0212. The summed E-state index contributed by atoms with van der Waals surface area (Å²) in [5, 5.41) is 18.1. The van der Waals surface area contributed by atoms with E-state index in [1.54, 1.807) is 0 Å². The van der Waals surface area contributed by atoms with Gasteiger partial charge in [0, 0.05) is 6.42 Å². The summed E-state index contributed by atoms with van der Waals surface area (Å²) in [5.74, 6) is -1.17. The molecule has 5 N–H and O–H groups in total. The second-order valence-electron chi connectivity index (χ2n) is 3.79. The van der Waals surface area contributed by atoms with Crippen LogP contribution in [0.4, 0.5) is 0 Å². The highest BCUT2D eigenvalue weighted by Gasteiger charge is 2.38. The van der Waals surface area contributed by atoms with E-state index in [-0.39, 0.29) is 12.8 Å². The Hall–Kier alpha value is -1.22. The summed E-state index contributed by atoms with van der Waals surface area (Å²) in [6.45, 7) is 0. The van der Waals surface area contributed by atoms with Gasteiger partial charge in [-0.1, -0.05) is 12.2 Å². The molecule has 0 aromatic heterocycles. The van der Waals surface area contributed by atoms with Crippen LogP contribution >= 0.6 is 0 Å². The molecule has 1 rings (SSSR count). The number of carbonyl (C=O) groups is 1. The molecule has 0 aliphatic heterocycles. The van der Waals surface area contributed by atoms with Crippen LogP contribution in [0.1, 0.15) is 12.8 Å². The molecule has 0 spiro atoms. The maximum Gasteiger partial charge on any atom is 0.320 e. The summed E-state index contributed by atoms with van der Waals surface area (Å²) < 4.78 is 30.5. The molecule has 0 saturated heterocycles. The number of allylic oxidation sites excluding steroid dienone is 1. The zero-order chi connectivity index (χ0) is 13.3. The van der Waals surface area contributed by atoms with Crippen molar-refractivity contribution in [3.05, 3.63) is 23.8 Å². The Morgan fingerprint density at radius 1 is 1.59 bits per heavy atom. The minimum atomic E-state index is -4.62. The summed E-state index contributed by atoms with van der Waals surface area (Å²) in [7, 11) is -4.62. The van der Waals surface area contributed by atoms with Gasteiger partial charge in [0.25, 0.3) is 10.1 Å². The number of aliphatic carboxylic acids is 1. The molecule has 0 heterocycles. The van der Waals surface area contributed by atoms with Gasteiger partial charge in [-0.15, -0.1) is 0 Å². The van der Waals surface area contributed by atoms with Gasteiger partial charge in [0.2, 0.25) is 4.93 Å². The van der Waals surface area contributed by atoms with Crippen LogP contribution in [0.5, 0.6) is 0 Å². The minimum Gasteiger partial charge on any atom is -0.480 e. The van der Waals surface area contributed by atoms with Crippen LogP contribution in [0.2, 0.25) is 0 Å². The van der Waals surface area contributed by atoms with Crippen molar-refractivity contribution >= 4 is 16.1 Å². The lowest BCUT2D eigenvalue weighted by Gasteiger charge is -2.23. The number of carboxylic acid groups (broad SMARTS) is 1. The van der Waals surface area contributed by atoms with Crippen LogP contribution < -0.4 is 5.73 Å². The molecule has 0 bridgehead atoms. The van der Waals surface area contributed by atoms with Crippen molar-refractivity contribution < 1.29 is 28.0 Å². The zero-order valence-corrected chi connectivity index (χ0v) is 9.59. The van der Waals surface area contributed by atoms with Gasteiger partial charge in [0.05, 0.1) is 0 Å². The highest BCUT2D eigenvalue weighted by molar-refractivity contribution is 7.87. The number of nitrogens with two attached hydrogens (primary N) is 1. The molecule has 0 amide bonds. The first-order valence-corrected chi connectivity index (χ1v) is 6.16. The molecular formula is C9H13NO6S. The molecule has 0 aromatic carbocycles. The largest absolute Gasteiger partial charge is 0.480 e. The van der Waals surface area contributed by atoms with Gasteiger partial charge in [0.15, 0.2) is 0 Å². The monoisotopic (exact) mass is 263 g/mol. The molecule has 1 unspecified atom stereocenters. The fourth-order valence-corrected chi connectivity index (χ4v) is 1.87. The van der Waals surface area contributed by atoms with Crippen molar-refractivity contribution in [2.24, 2.45) is 5.73 Å². The van der Waals surface area contributed by atoms with Crippen molar-refractivity contribution in [1.29, 1.82) is 0 Å². The molecule has 2 atom stereocenters. The average molecular weight is 263 g/mol. The molecule has 0 radical (unpaired) electrons. The first-order chi connectivity index (χ1) is 7.66. The molecule has 0 aromatic rings. The van der Waals surface area contributed by atoms with Crippen molar-refractivity contribution in [2.75, 3.05) is 0 Å². The molecular weight excluding hydrogens is 250 g/mol. The Balaban J connectivity index is 2.77. The second-order valence-corrected chi connectivity index (χ2v) is 5.44. The van der Waals surface area contributed by atoms with E-state index in [1.807, 2.05) is 0 Å². The second kappa shape index (κ2) is 4.57. The standard InChI is InChI=1S/C9H13NO6S/c10-7(8(11)12)5-6-1-3-9(13,4-2-6)17(14,15)16/h1-3,7,13H,4-5,10H2,(H,11,12)(H,14,15,16)/t7-,9?/m0/s1. The summed E-state index contributed by atoms with van der Waals surface area (Å²) in [4.78, 5) is 8.15.